The second-order valence-electron chi connectivity index (χ2n) is 9.00. The van der Waals surface area contributed by atoms with Crippen LogP contribution >= 0.6 is 0 Å². The molecule has 0 aromatic rings. The molecule has 0 unspecified atom stereocenters. The van der Waals surface area contributed by atoms with Crippen molar-refractivity contribution in [2.75, 3.05) is 66.8 Å². The first-order valence-electron chi connectivity index (χ1n) is 12.0. The Morgan fingerprint density at radius 2 is 0.912 bits per heavy atom. The normalized spacial score (nSPS) is 19.6. The van der Waals surface area contributed by atoms with E-state index in [9.17, 15) is 19.2 Å². The summed E-state index contributed by atoms with van der Waals surface area (Å²) in [6, 6.07) is 0. The SMILES string of the molecule is COC(=O)[C@H](C)C[C@H](C)C(=O)N1CCOCCN(C(=O)[C@@H](C)C[C@@H](C)C(=O)OC)CCOCC1. The average molecular weight is 487 g/mol. The van der Waals surface area contributed by atoms with Crippen molar-refractivity contribution in [1.82, 2.24) is 9.80 Å². The molecular formula is C24H42N2O8. The van der Waals surface area contributed by atoms with E-state index in [0.29, 0.717) is 65.4 Å². The first kappa shape index (κ1) is 29.8. The minimum atomic E-state index is -0.356. The Morgan fingerprint density at radius 3 is 1.18 bits per heavy atom. The van der Waals surface area contributed by atoms with Crippen LogP contribution in [0.4, 0.5) is 0 Å². The highest BCUT2D eigenvalue weighted by atomic mass is 16.5. The van der Waals surface area contributed by atoms with Crippen LogP contribution in [0.3, 0.4) is 0 Å². The number of carbonyl (C=O) groups excluding carboxylic acids is 4. The summed E-state index contributed by atoms with van der Waals surface area (Å²) >= 11 is 0. The fourth-order valence-electron chi connectivity index (χ4n) is 4.05. The van der Waals surface area contributed by atoms with Crippen LogP contribution in [0.1, 0.15) is 40.5 Å². The number of methoxy groups -OCH3 is 2. The molecule has 10 heteroatoms. The van der Waals surface area contributed by atoms with Gasteiger partial charge in [-0.3, -0.25) is 19.2 Å². The van der Waals surface area contributed by atoms with E-state index in [1.807, 2.05) is 13.8 Å². The quantitative estimate of drug-likeness (QED) is 0.473. The van der Waals surface area contributed by atoms with Gasteiger partial charge in [-0.1, -0.05) is 27.7 Å². The number of rotatable bonds is 8. The van der Waals surface area contributed by atoms with Crippen LogP contribution in [0.5, 0.6) is 0 Å². The van der Waals surface area contributed by atoms with Gasteiger partial charge in [-0.05, 0) is 12.8 Å². The first-order valence-corrected chi connectivity index (χ1v) is 12.0. The van der Waals surface area contributed by atoms with Gasteiger partial charge in [0, 0.05) is 38.0 Å². The van der Waals surface area contributed by atoms with E-state index >= 15 is 0 Å². The molecule has 1 aliphatic rings. The van der Waals surface area contributed by atoms with Gasteiger partial charge in [0.25, 0.3) is 0 Å². The number of carbonyl (C=O) groups is 4. The molecule has 0 spiro atoms. The van der Waals surface area contributed by atoms with E-state index in [4.69, 9.17) is 18.9 Å². The molecule has 0 aromatic heterocycles. The van der Waals surface area contributed by atoms with Gasteiger partial charge in [0.2, 0.25) is 11.8 Å². The van der Waals surface area contributed by atoms with Crippen LogP contribution in [-0.4, -0.2) is 100 Å². The molecule has 196 valence electrons. The highest BCUT2D eigenvalue weighted by molar-refractivity contribution is 5.80. The van der Waals surface area contributed by atoms with Crippen molar-refractivity contribution >= 4 is 23.8 Å². The molecular weight excluding hydrogens is 444 g/mol. The molecule has 1 aliphatic heterocycles. The maximum absolute atomic E-state index is 12.9. The van der Waals surface area contributed by atoms with Gasteiger partial charge in [-0.2, -0.15) is 0 Å². The monoisotopic (exact) mass is 486 g/mol. The summed E-state index contributed by atoms with van der Waals surface area (Å²) in [5.41, 5.74) is 0. The van der Waals surface area contributed by atoms with E-state index in [1.54, 1.807) is 23.6 Å². The predicted molar refractivity (Wildman–Crippen MR) is 125 cm³/mol. The van der Waals surface area contributed by atoms with E-state index < -0.39 is 0 Å². The van der Waals surface area contributed by atoms with Gasteiger partial charge < -0.3 is 28.7 Å². The minimum absolute atomic E-state index is 0.0506. The fraction of sp³-hybridized carbons (Fsp3) is 0.833. The molecule has 0 bridgehead atoms. The average Bonchev–Trinajstić information content (AvgIpc) is 2.82. The largest absolute Gasteiger partial charge is 0.469 e. The second kappa shape index (κ2) is 15.7. The number of nitrogens with zero attached hydrogens (tertiary/aromatic N) is 2. The van der Waals surface area contributed by atoms with Crippen molar-refractivity contribution in [3.05, 3.63) is 0 Å². The number of ether oxygens (including phenoxy) is 4. The number of amides is 2. The maximum atomic E-state index is 12.9. The molecule has 2 amide bonds. The zero-order valence-corrected chi connectivity index (χ0v) is 21.5. The Labute approximate surface area is 203 Å². The number of esters is 2. The summed E-state index contributed by atoms with van der Waals surface area (Å²) in [7, 11) is 2.68. The lowest BCUT2D eigenvalue weighted by Gasteiger charge is -2.29. The van der Waals surface area contributed by atoms with Gasteiger partial charge in [0.1, 0.15) is 0 Å². The third-order valence-electron chi connectivity index (χ3n) is 6.11. The summed E-state index contributed by atoms with van der Waals surface area (Å²) in [6.07, 6.45) is 0.821. The van der Waals surface area contributed by atoms with Gasteiger partial charge >= 0.3 is 11.9 Å². The Morgan fingerprint density at radius 1 is 0.618 bits per heavy atom. The topological polar surface area (TPSA) is 112 Å². The van der Waals surface area contributed by atoms with Crippen molar-refractivity contribution in [2.45, 2.75) is 40.5 Å². The first-order chi connectivity index (χ1) is 16.1. The molecule has 10 nitrogen and oxygen atoms in total. The minimum Gasteiger partial charge on any atom is -0.469 e. The van der Waals surface area contributed by atoms with E-state index in [1.165, 1.54) is 14.2 Å². The molecule has 4 atom stereocenters. The van der Waals surface area contributed by atoms with Gasteiger partial charge in [0.05, 0.1) is 52.5 Å². The lowest BCUT2D eigenvalue weighted by atomic mass is 9.96. The molecule has 0 radical (unpaired) electrons. The number of hydrogen-bond donors (Lipinski definition) is 0. The lowest BCUT2D eigenvalue weighted by molar-refractivity contribution is -0.147. The molecule has 0 N–H and O–H groups in total. The van der Waals surface area contributed by atoms with Gasteiger partial charge in [-0.15, -0.1) is 0 Å². The number of hydrogen-bond acceptors (Lipinski definition) is 8. The summed E-state index contributed by atoms with van der Waals surface area (Å²) in [4.78, 5) is 52.6. The Hall–Kier alpha value is -2.20. The molecule has 1 fully saturated rings. The van der Waals surface area contributed by atoms with Crippen LogP contribution < -0.4 is 0 Å². The van der Waals surface area contributed by atoms with Crippen LogP contribution in [-0.2, 0) is 38.1 Å². The maximum Gasteiger partial charge on any atom is 0.308 e. The summed E-state index contributed by atoms with van der Waals surface area (Å²) < 4.78 is 21.0. The predicted octanol–water partition coefficient (Wildman–Crippen LogP) is 1.36. The third kappa shape index (κ3) is 9.97. The Balaban J connectivity index is 2.61. The molecule has 0 aliphatic carbocycles. The molecule has 1 heterocycles. The van der Waals surface area contributed by atoms with Crippen molar-refractivity contribution < 1.29 is 38.1 Å². The van der Waals surface area contributed by atoms with Crippen LogP contribution in [0.15, 0.2) is 0 Å². The molecule has 0 aromatic carbocycles. The van der Waals surface area contributed by atoms with E-state index in [-0.39, 0.29) is 47.4 Å². The van der Waals surface area contributed by atoms with Gasteiger partial charge in [-0.25, -0.2) is 0 Å². The van der Waals surface area contributed by atoms with E-state index in [2.05, 4.69) is 0 Å². The lowest BCUT2D eigenvalue weighted by Crippen LogP contribution is -2.43. The Kier molecular flexibility index (Phi) is 13.7. The van der Waals surface area contributed by atoms with Crippen molar-refractivity contribution in [3.63, 3.8) is 0 Å². The summed E-state index contributed by atoms with van der Waals surface area (Å²) in [5.74, 6) is -2.12. The summed E-state index contributed by atoms with van der Waals surface area (Å²) in [5, 5.41) is 0. The highest BCUT2D eigenvalue weighted by Gasteiger charge is 2.27. The van der Waals surface area contributed by atoms with Crippen LogP contribution in [0.2, 0.25) is 0 Å². The fourth-order valence-corrected chi connectivity index (χ4v) is 4.05. The second-order valence-corrected chi connectivity index (χ2v) is 9.00. The zero-order chi connectivity index (χ0) is 25.7. The van der Waals surface area contributed by atoms with Crippen molar-refractivity contribution in [3.8, 4) is 0 Å². The van der Waals surface area contributed by atoms with Gasteiger partial charge in [0.15, 0.2) is 0 Å². The standard InChI is InChI=1S/C24H42N2O8/c1-17(15-19(3)23(29)31-5)21(27)25-7-11-33-13-9-26(10-14-34-12-8-25)22(28)18(2)16-20(4)24(30)32-6/h17-20H,7-16H2,1-6H3/t17-,18-,19+,20+/m0/s1. The molecule has 1 rings (SSSR count). The molecule has 0 saturated carbocycles. The molecule has 1 saturated heterocycles. The summed E-state index contributed by atoms with van der Waals surface area (Å²) in [6.45, 7) is 10.1. The molecule has 34 heavy (non-hydrogen) atoms. The zero-order valence-electron chi connectivity index (χ0n) is 21.5. The third-order valence-corrected chi connectivity index (χ3v) is 6.11. The smallest absolute Gasteiger partial charge is 0.308 e. The van der Waals surface area contributed by atoms with Crippen molar-refractivity contribution in [2.24, 2.45) is 23.7 Å². The van der Waals surface area contributed by atoms with Crippen LogP contribution in [0.25, 0.3) is 0 Å². The van der Waals surface area contributed by atoms with Crippen LogP contribution in [0, 0.1) is 23.7 Å². The van der Waals surface area contributed by atoms with E-state index in [0.717, 1.165) is 0 Å². The highest BCUT2D eigenvalue weighted by Crippen LogP contribution is 2.17. The Bertz CT molecular complexity index is 603. The van der Waals surface area contributed by atoms with Crippen molar-refractivity contribution in [1.29, 1.82) is 0 Å².